The fourth-order valence-electron chi connectivity index (χ4n) is 1.98. The van der Waals surface area contributed by atoms with Crippen LogP contribution in [0.2, 0.25) is 0 Å². The van der Waals surface area contributed by atoms with Gasteiger partial charge in [-0.05, 0) is 46.2 Å². The van der Waals surface area contributed by atoms with Crippen molar-refractivity contribution in [3.8, 4) is 0 Å². The lowest BCUT2D eigenvalue weighted by Gasteiger charge is -2.32. The third kappa shape index (κ3) is 2.58. The van der Waals surface area contributed by atoms with Crippen molar-refractivity contribution in [3.05, 3.63) is 23.4 Å². The Balaban J connectivity index is 2.33. The molecule has 4 nitrogen and oxygen atoms in total. The van der Waals surface area contributed by atoms with E-state index in [-0.39, 0.29) is 11.2 Å². The van der Waals surface area contributed by atoms with Crippen molar-refractivity contribution in [2.24, 2.45) is 0 Å². The second-order valence-electron chi connectivity index (χ2n) is 5.96. The Kier molecular flexibility index (Phi) is 3.54. The zero-order valence-electron chi connectivity index (χ0n) is 12.2. The minimum Gasteiger partial charge on any atom is -0.398 e. The van der Waals surface area contributed by atoms with Gasteiger partial charge in [0.25, 0.3) is 0 Å². The molecule has 5 heteroatoms. The summed E-state index contributed by atoms with van der Waals surface area (Å²) in [5.74, 6) is 0. The minimum absolute atomic E-state index is 0.312. The van der Waals surface area contributed by atoms with Gasteiger partial charge in [0.05, 0.1) is 16.8 Å². The molecule has 1 aromatic rings. The van der Waals surface area contributed by atoms with Crippen LogP contribution >= 0.6 is 0 Å². The van der Waals surface area contributed by atoms with E-state index in [1.165, 1.54) is 0 Å². The Hall–Kier alpha value is -1.20. The van der Waals surface area contributed by atoms with Gasteiger partial charge in [-0.25, -0.2) is 0 Å². The summed E-state index contributed by atoms with van der Waals surface area (Å²) in [6.07, 6.45) is 1.17. The van der Waals surface area contributed by atoms with E-state index in [2.05, 4.69) is 4.98 Å². The molecule has 2 rings (SSSR count). The van der Waals surface area contributed by atoms with Crippen molar-refractivity contribution in [3.63, 3.8) is 0 Å². The summed E-state index contributed by atoms with van der Waals surface area (Å²) < 4.78 is 12.0. The molecule has 0 radical (unpaired) electrons. The summed E-state index contributed by atoms with van der Waals surface area (Å²) >= 11 is 0. The van der Waals surface area contributed by atoms with Gasteiger partial charge in [0.1, 0.15) is 6.29 Å². The van der Waals surface area contributed by atoms with Crippen LogP contribution in [0, 0.1) is 6.92 Å². The van der Waals surface area contributed by atoms with Crippen LogP contribution in [0.4, 0.5) is 0 Å². The topological polar surface area (TPSA) is 48.4 Å². The highest BCUT2D eigenvalue weighted by molar-refractivity contribution is 6.61. The van der Waals surface area contributed by atoms with E-state index in [9.17, 15) is 4.79 Å². The standard InChI is InChI=1S/C14H20BNO3/c1-10-6-7-11(8-9-17)16-12(10)15-18-13(2,3)14(4,5)19-15/h6-7,9H,8H2,1-5H3. The first-order valence-electron chi connectivity index (χ1n) is 6.52. The lowest BCUT2D eigenvalue weighted by molar-refractivity contribution is -0.107. The molecule has 0 atom stereocenters. The largest absolute Gasteiger partial charge is 0.514 e. The smallest absolute Gasteiger partial charge is 0.398 e. The van der Waals surface area contributed by atoms with E-state index in [4.69, 9.17) is 9.31 Å². The van der Waals surface area contributed by atoms with Gasteiger partial charge in [-0.1, -0.05) is 6.07 Å². The molecule has 0 bridgehead atoms. The molecule has 1 saturated heterocycles. The van der Waals surface area contributed by atoms with Crippen LogP contribution in [0.25, 0.3) is 0 Å². The molecular formula is C14H20BNO3. The van der Waals surface area contributed by atoms with Crippen molar-refractivity contribution in [1.82, 2.24) is 4.98 Å². The lowest BCUT2D eigenvalue weighted by Crippen LogP contribution is -2.41. The van der Waals surface area contributed by atoms with Crippen molar-refractivity contribution >= 4 is 19.0 Å². The highest BCUT2D eigenvalue weighted by Crippen LogP contribution is 2.36. The lowest BCUT2D eigenvalue weighted by atomic mass is 9.81. The fourth-order valence-corrected chi connectivity index (χ4v) is 1.98. The number of aryl methyl sites for hydroxylation is 1. The molecule has 0 N–H and O–H groups in total. The van der Waals surface area contributed by atoms with Crippen LogP contribution in [0.3, 0.4) is 0 Å². The van der Waals surface area contributed by atoms with Gasteiger partial charge >= 0.3 is 7.12 Å². The van der Waals surface area contributed by atoms with Crippen LogP contribution in [-0.4, -0.2) is 29.6 Å². The van der Waals surface area contributed by atoms with Crippen LogP contribution in [-0.2, 0) is 20.5 Å². The molecule has 0 spiro atoms. The van der Waals surface area contributed by atoms with Crippen molar-refractivity contribution in [2.45, 2.75) is 52.2 Å². The van der Waals surface area contributed by atoms with E-state index in [0.717, 1.165) is 23.1 Å². The predicted molar refractivity (Wildman–Crippen MR) is 74.5 cm³/mol. The maximum Gasteiger partial charge on any atom is 0.514 e. The Labute approximate surface area is 114 Å². The zero-order valence-corrected chi connectivity index (χ0v) is 12.2. The third-order valence-corrected chi connectivity index (χ3v) is 3.96. The minimum atomic E-state index is -0.475. The normalized spacial score (nSPS) is 20.6. The van der Waals surface area contributed by atoms with Crippen LogP contribution in [0.15, 0.2) is 12.1 Å². The number of aromatic nitrogens is 1. The second-order valence-corrected chi connectivity index (χ2v) is 5.96. The number of nitrogens with zero attached hydrogens (tertiary/aromatic N) is 1. The highest BCUT2D eigenvalue weighted by Gasteiger charge is 2.52. The number of carbonyl (C=O) groups is 1. The summed E-state index contributed by atoms with van der Waals surface area (Å²) in [6, 6.07) is 3.81. The van der Waals surface area contributed by atoms with Crippen LogP contribution in [0.1, 0.15) is 39.0 Å². The Bertz CT molecular complexity index is 483. The molecule has 0 aliphatic carbocycles. The second kappa shape index (κ2) is 4.73. The Morgan fingerprint density at radius 1 is 1.21 bits per heavy atom. The van der Waals surface area contributed by atoms with E-state index in [1.54, 1.807) is 0 Å². The quantitative estimate of drug-likeness (QED) is 0.610. The van der Waals surface area contributed by atoms with Crippen LogP contribution < -0.4 is 5.59 Å². The molecule has 0 unspecified atom stereocenters. The molecule has 1 aliphatic heterocycles. The molecule has 102 valence electrons. The Morgan fingerprint density at radius 2 is 1.79 bits per heavy atom. The molecule has 2 heterocycles. The number of hydrogen-bond acceptors (Lipinski definition) is 4. The van der Waals surface area contributed by atoms with Crippen molar-refractivity contribution in [1.29, 1.82) is 0 Å². The number of carbonyl (C=O) groups excluding carboxylic acids is 1. The van der Waals surface area contributed by atoms with Crippen LogP contribution in [0.5, 0.6) is 0 Å². The first kappa shape index (κ1) is 14.2. The molecule has 1 aliphatic rings. The molecule has 0 saturated carbocycles. The molecule has 1 aromatic heterocycles. The van der Waals surface area contributed by atoms with Gasteiger partial charge in [-0.3, -0.25) is 4.98 Å². The average Bonchev–Trinajstić information content (AvgIpc) is 2.51. The monoisotopic (exact) mass is 261 g/mol. The number of hydrogen-bond donors (Lipinski definition) is 0. The zero-order chi connectivity index (χ0) is 14.3. The number of aldehydes is 1. The van der Waals surface area contributed by atoms with Gasteiger partial charge in [-0.2, -0.15) is 0 Å². The predicted octanol–water partition coefficient (Wildman–Crippen LogP) is 1.43. The highest BCUT2D eigenvalue weighted by atomic mass is 16.7. The molecular weight excluding hydrogens is 241 g/mol. The SMILES string of the molecule is Cc1ccc(CC=O)nc1B1OC(C)(C)C(C)(C)O1. The van der Waals surface area contributed by atoms with Crippen molar-refractivity contribution in [2.75, 3.05) is 0 Å². The molecule has 19 heavy (non-hydrogen) atoms. The van der Waals surface area contributed by atoms with Gasteiger partial charge in [0.15, 0.2) is 0 Å². The first-order valence-corrected chi connectivity index (χ1v) is 6.52. The fraction of sp³-hybridized carbons (Fsp3) is 0.571. The molecule has 0 aromatic carbocycles. The van der Waals surface area contributed by atoms with E-state index in [0.29, 0.717) is 6.42 Å². The van der Waals surface area contributed by atoms with E-state index in [1.807, 2.05) is 46.8 Å². The summed E-state index contributed by atoms with van der Waals surface area (Å²) in [5, 5.41) is 0. The number of rotatable bonds is 3. The van der Waals surface area contributed by atoms with E-state index >= 15 is 0 Å². The Morgan fingerprint density at radius 3 is 2.32 bits per heavy atom. The summed E-state index contributed by atoms with van der Waals surface area (Å²) in [4.78, 5) is 15.1. The van der Waals surface area contributed by atoms with E-state index < -0.39 is 7.12 Å². The average molecular weight is 261 g/mol. The van der Waals surface area contributed by atoms with Gasteiger partial charge < -0.3 is 14.1 Å². The van der Waals surface area contributed by atoms with Gasteiger partial charge in [-0.15, -0.1) is 0 Å². The van der Waals surface area contributed by atoms with Crippen molar-refractivity contribution < 1.29 is 14.1 Å². The first-order chi connectivity index (χ1) is 8.77. The number of pyridine rings is 1. The van der Waals surface area contributed by atoms with Gasteiger partial charge in [0.2, 0.25) is 0 Å². The third-order valence-electron chi connectivity index (χ3n) is 3.96. The summed E-state index contributed by atoms with van der Waals surface area (Å²) in [7, 11) is -0.475. The molecule has 0 amide bonds. The summed E-state index contributed by atoms with van der Waals surface area (Å²) in [6.45, 7) is 10.0. The summed E-state index contributed by atoms with van der Waals surface area (Å²) in [5.41, 5.74) is 1.75. The maximum atomic E-state index is 10.6. The maximum absolute atomic E-state index is 10.6. The molecule has 1 fully saturated rings. The van der Waals surface area contributed by atoms with Gasteiger partial charge in [0, 0.05) is 12.1 Å².